The van der Waals surface area contributed by atoms with Gasteiger partial charge in [0.15, 0.2) is 0 Å². The molecular formula is C14H15NO. The fraction of sp³-hybridized carbons (Fsp3) is 0.357. The van der Waals surface area contributed by atoms with Crippen LogP contribution in [0.3, 0.4) is 0 Å². The quantitative estimate of drug-likeness (QED) is 0.775. The lowest BCUT2D eigenvalue weighted by Crippen LogP contribution is -1.88. The van der Waals surface area contributed by atoms with Crippen LogP contribution >= 0.6 is 0 Å². The summed E-state index contributed by atoms with van der Waals surface area (Å²) in [4.78, 5) is 0. The molecule has 1 aromatic carbocycles. The largest absolute Gasteiger partial charge is 0.360 e. The van der Waals surface area contributed by atoms with Crippen molar-refractivity contribution in [1.82, 2.24) is 5.16 Å². The fourth-order valence-electron chi connectivity index (χ4n) is 2.15. The second-order valence-electron chi connectivity index (χ2n) is 4.37. The van der Waals surface area contributed by atoms with Crippen LogP contribution in [0.5, 0.6) is 0 Å². The van der Waals surface area contributed by atoms with Gasteiger partial charge in [-0.05, 0) is 19.3 Å². The van der Waals surface area contributed by atoms with Gasteiger partial charge in [-0.1, -0.05) is 42.4 Å². The standard InChI is InChI=1S/C14H15NO/c1-2-12-13(10-6-4-3-5-7-10)15-16-14(12)11-8-9-11/h3-7,11H,2,8-9H2,1H3. The van der Waals surface area contributed by atoms with Crippen molar-refractivity contribution in [3.8, 4) is 11.3 Å². The molecule has 82 valence electrons. The van der Waals surface area contributed by atoms with Gasteiger partial charge in [0.05, 0.1) is 0 Å². The van der Waals surface area contributed by atoms with Crippen LogP contribution in [0.15, 0.2) is 34.9 Å². The molecule has 0 amide bonds. The third-order valence-electron chi connectivity index (χ3n) is 3.17. The third-order valence-corrected chi connectivity index (χ3v) is 3.17. The Bertz CT molecular complexity index is 483. The molecule has 0 unspecified atom stereocenters. The number of rotatable bonds is 3. The highest BCUT2D eigenvalue weighted by Crippen LogP contribution is 2.43. The zero-order valence-corrected chi connectivity index (χ0v) is 9.44. The van der Waals surface area contributed by atoms with Gasteiger partial charge in [-0.3, -0.25) is 0 Å². The van der Waals surface area contributed by atoms with E-state index in [-0.39, 0.29) is 0 Å². The average Bonchev–Trinajstić information content (AvgIpc) is 3.09. The van der Waals surface area contributed by atoms with E-state index in [1.807, 2.05) is 18.2 Å². The predicted molar refractivity (Wildman–Crippen MR) is 63.3 cm³/mol. The van der Waals surface area contributed by atoms with Crippen molar-refractivity contribution in [3.05, 3.63) is 41.7 Å². The highest BCUT2D eigenvalue weighted by atomic mass is 16.5. The summed E-state index contributed by atoms with van der Waals surface area (Å²) in [5.74, 6) is 1.77. The smallest absolute Gasteiger partial charge is 0.143 e. The first-order chi connectivity index (χ1) is 7.90. The molecule has 0 aliphatic heterocycles. The van der Waals surface area contributed by atoms with E-state index in [0.717, 1.165) is 23.4 Å². The zero-order chi connectivity index (χ0) is 11.0. The number of benzene rings is 1. The van der Waals surface area contributed by atoms with Crippen LogP contribution in [-0.4, -0.2) is 5.16 Å². The SMILES string of the molecule is CCc1c(-c2ccccc2)noc1C1CC1. The van der Waals surface area contributed by atoms with Crippen molar-refractivity contribution in [2.45, 2.75) is 32.1 Å². The van der Waals surface area contributed by atoms with Crippen LogP contribution < -0.4 is 0 Å². The van der Waals surface area contributed by atoms with Crippen molar-refractivity contribution in [2.75, 3.05) is 0 Å². The summed E-state index contributed by atoms with van der Waals surface area (Å²) in [5, 5.41) is 4.24. The van der Waals surface area contributed by atoms with Crippen LogP contribution in [0, 0.1) is 0 Å². The van der Waals surface area contributed by atoms with Crippen molar-refractivity contribution < 1.29 is 4.52 Å². The molecule has 1 aromatic heterocycles. The summed E-state index contributed by atoms with van der Waals surface area (Å²) in [6, 6.07) is 10.3. The molecule has 2 aromatic rings. The van der Waals surface area contributed by atoms with Gasteiger partial charge >= 0.3 is 0 Å². The first-order valence-corrected chi connectivity index (χ1v) is 5.94. The molecule has 1 fully saturated rings. The van der Waals surface area contributed by atoms with Gasteiger partial charge in [-0.2, -0.15) is 0 Å². The van der Waals surface area contributed by atoms with Crippen LogP contribution in [0.25, 0.3) is 11.3 Å². The minimum absolute atomic E-state index is 0.639. The topological polar surface area (TPSA) is 26.0 Å². The molecule has 1 saturated carbocycles. The lowest BCUT2D eigenvalue weighted by Gasteiger charge is -1.99. The zero-order valence-electron chi connectivity index (χ0n) is 9.44. The summed E-state index contributed by atoms with van der Waals surface area (Å²) >= 11 is 0. The van der Waals surface area contributed by atoms with E-state index < -0.39 is 0 Å². The Morgan fingerprint density at radius 1 is 1.25 bits per heavy atom. The maximum Gasteiger partial charge on any atom is 0.143 e. The number of hydrogen-bond donors (Lipinski definition) is 0. The summed E-state index contributed by atoms with van der Waals surface area (Å²) < 4.78 is 5.52. The van der Waals surface area contributed by atoms with Gasteiger partial charge in [0.1, 0.15) is 11.5 Å². The molecule has 1 aliphatic carbocycles. The minimum Gasteiger partial charge on any atom is -0.360 e. The monoisotopic (exact) mass is 213 g/mol. The Balaban J connectivity index is 2.07. The molecule has 0 bridgehead atoms. The normalized spacial score (nSPS) is 15.3. The summed E-state index contributed by atoms with van der Waals surface area (Å²) in [5.41, 5.74) is 3.49. The fourth-order valence-corrected chi connectivity index (χ4v) is 2.15. The van der Waals surface area contributed by atoms with Crippen molar-refractivity contribution in [3.63, 3.8) is 0 Å². The maximum absolute atomic E-state index is 5.52. The van der Waals surface area contributed by atoms with Gasteiger partial charge in [0, 0.05) is 17.0 Å². The van der Waals surface area contributed by atoms with Gasteiger partial charge < -0.3 is 4.52 Å². The lowest BCUT2D eigenvalue weighted by molar-refractivity contribution is 0.385. The second kappa shape index (κ2) is 3.78. The van der Waals surface area contributed by atoms with E-state index in [9.17, 15) is 0 Å². The van der Waals surface area contributed by atoms with E-state index >= 15 is 0 Å². The molecule has 2 heteroatoms. The summed E-state index contributed by atoms with van der Waals surface area (Å²) in [6.45, 7) is 2.17. The van der Waals surface area contributed by atoms with Gasteiger partial charge in [-0.15, -0.1) is 0 Å². The molecule has 1 aliphatic rings. The van der Waals surface area contributed by atoms with Crippen LogP contribution in [-0.2, 0) is 6.42 Å². The average molecular weight is 213 g/mol. The Kier molecular flexibility index (Phi) is 2.28. The molecule has 0 radical (unpaired) electrons. The molecule has 0 N–H and O–H groups in total. The van der Waals surface area contributed by atoms with Gasteiger partial charge in [0.2, 0.25) is 0 Å². The van der Waals surface area contributed by atoms with Gasteiger partial charge in [0.25, 0.3) is 0 Å². The molecule has 1 heterocycles. The van der Waals surface area contributed by atoms with E-state index in [4.69, 9.17) is 4.52 Å². The highest BCUT2D eigenvalue weighted by molar-refractivity contribution is 5.63. The second-order valence-corrected chi connectivity index (χ2v) is 4.37. The molecule has 0 spiro atoms. The Hall–Kier alpha value is -1.57. The van der Waals surface area contributed by atoms with Gasteiger partial charge in [-0.25, -0.2) is 0 Å². The predicted octanol–water partition coefficient (Wildman–Crippen LogP) is 3.78. The first kappa shape index (κ1) is 9.64. The molecule has 3 rings (SSSR count). The lowest BCUT2D eigenvalue weighted by atomic mass is 10.0. The van der Waals surface area contributed by atoms with Crippen molar-refractivity contribution >= 4 is 0 Å². The molecule has 16 heavy (non-hydrogen) atoms. The first-order valence-electron chi connectivity index (χ1n) is 5.94. The maximum atomic E-state index is 5.52. The van der Waals surface area contributed by atoms with Crippen LogP contribution in [0.4, 0.5) is 0 Å². The highest BCUT2D eigenvalue weighted by Gasteiger charge is 2.31. The summed E-state index contributed by atoms with van der Waals surface area (Å²) in [7, 11) is 0. The number of nitrogens with zero attached hydrogens (tertiary/aromatic N) is 1. The van der Waals surface area contributed by atoms with E-state index in [2.05, 4.69) is 24.2 Å². The van der Waals surface area contributed by atoms with Crippen molar-refractivity contribution in [1.29, 1.82) is 0 Å². The number of aromatic nitrogens is 1. The summed E-state index contributed by atoms with van der Waals surface area (Å²) in [6.07, 6.45) is 3.52. The Morgan fingerprint density at radius 2 is 2.00 bits per heavy atom. The molecule has 0 saturated heterocycles. The van der Waals surface area contributed by atoms with E-state index in [1.54, 1.807) is 0 Å². The Morgan fingerprint density at radius 3 is 2.62 bits per heavy atom. The van der Waals surface area contributed by atoms with Crippen LogP contribution in [0.1, 0.15) is 37.0 Å². The van der Waals surface area contributed by atoms with E-state index in [1.165, 1.54) is 18.4 Å². The van der Waals surface area contributed by atoms with Crippen molar-refractivity contribution in [2.24, 2.45) is 0 Å². The van der Waals surface area contributed by atoms with E-state index in [0.29, 0.717) is 5.92 Å². The molecular weight excluding hydrogens is 198 g/mol. The third kappa shape index (κ3) is 1.54. The molecule has 0 atom stereocenters. The number of hydrogen-bond acceptors (Lipinski definition) is 2. The Labute approximate surface area is 95.3 Å². The van der Waals surface area contributed by atoms with Crippen LogP contribution in [0.2, 0.25) is 0 Å². The molecule has 2 nitrogen and oxygen atoms in total. The minimum atomic E-state index is 0.639.